The number of hydrogen-bond donors (Lipinski definition) is 0. The zero-order valence-electron chi connectivity index (χ0n) is 11.5. The molecule has 4 heteroatoms. The summed E-state index contributed by atoms with van der Waals surface area (Å²) in [6.45, 7) is 4.26. The van der Waals surface area contributed by atoms with E-state index in [1.165, 1.54) is 6.42 Å². The van der Waals surface area contributed by atoms with Crippen molar-refractivity contribution in [2.24, 2.45) is 5.92 Å². The van der Waals surface area contributed by atoms with Crippen LogP contribution in [-0.4, -0.2) is 32.6 Å². The fourth-order valence-corrected chi connectivity index (χ4v) is 2.92. The van der Waals surface area contributed by atoms with Gasteiger partial charge in [0.2, 0.25) is 0 Å². The van der Waals surface area contributed by atoms with Crippen molar-refractivity contribution in [1.29, 1.82) is 0 Å². The number of ketones is 1. The van der Waals surface area contributed by atoms with E-state index >= 15 is 0 Å². The lowest BCUT2D eigenvalue weighted by molar-refractivity contribution is 0.0576. The molecule has 104 valence electrons. The number of nitrogens with zero attached hydrogens (tertiary/aromatic N) is 1. The summed E-state index contributed by atoms with van der Waals surface area (Å²) in [5.41, 5.74) is 1.77. The van der Waals surface area contributed by atoms with Gasteiger partial charge >= 0.3 is 0 Å². The van der Waals surface area contributed by atoms with E-state index in [-0.39, 0.29) is 5.78 Å². The standard InChI is InChI=1S/C15H20BrNO2/c1-11(18)14-8-13(16)5-6-15(14)17(2)9-12-4-3-7-19-10-12/h5-6,8,12H,3-4,7,9-10H2,1-2H3. The SMILES string of the molecule is CC(=O)c1cc(Br)ccc1N(C)CC1CCCOC1. The van der Waals surface area contributed by atoms with E-state index in [9.17, 15) is 4.79 Å². The first-order chi connectivity index (χ1) is 9.08. The molecule has 1 aliphatic heterocycles. The Bertz CT molecular complexity index is 455. The summed E-state index contributed by atoms with van der Waals surface area (Å²) in [4.78, 5) is 13.9. The number of hydrogen-bond acceptors (Lipinski definition) is 3. The Morgan fingerprint density at radius 1 is 1.53 bits per heavy atom. The van der Waals surface area contributed by atoms with Gasteiger partial charge in [0.1, 0.15) is 0 Å². The molecule has 0 bridgehead atoms. The van der Waals surface area contributed by atoms with Crippen LogP contribution in [0.2, 0.25) is 0 Å². The minimum Gasteiger partial charge on any atom is -0.381 e. The molecule has 1 aromatic carbocycles. The second-order valence-corrected chi connectivity index (χ2v) is 6.10. The molecule has 3 nitrogen and oxygen atoms in total. The Morgan fingerprint density at radius 3 is 2.95 bits per heavy atom. The molecule has 1 unspecified atom stereocenters. The summed E-state index contributed by atoms with van der Waals surface area (Å²) in [5.74, 6) is 0.658. The average Bonchev–Trinajstić information content (AvgIpc) is 2.39. The topological polar surface area (TPSA) is 29.5 Å². The molecule has 0 amide bonds. The highest BCUT2D eigenvalue weighted by molar-refractivity contribution is 9.10. The highest BCUT2D eigenvalue weighted by atomic mass is 79.9. The first-order valence-corrected chi connectivity index (χ1v) is 7.46. The fraction of sp³-hybridized carbons (Fsp3) is 0.533. The number of anilines is 1. The molecule has 0 N–H and O–H groups in total. The number of Topliss-reactive ketones (excluding diaryl/α,β-unsaturated/α-hetero) is 1. The molecule has 19 heavy (non-hydrogen) atoms. The summed E-state index contributed by atoms with van der Waals surface area (Å²) >= 11 is 3.42. The molecule has 1 aromatic rings. The summed E-state index contributed by atoms with van der Waals surface area (Å²) < 4.78 is 6.46. The molecule has 1 saturated heterocycles. The van der Waals surface area contributed by atoms with Crippen LogP contribution in [0.15, 0.2) is 22.7 Å². The number of carbonyl (C=O) groups is 1. The van der Waals surface area contributed by atoms with E-state index in [1.54, 1.807) is 6.92 Å². The molecule has 0 aliphatic carbocycles. The van der Waals surface area contributed by atoms with Gasteiger partial charge in [-0.15, -0.1) is 0 Å². The number of benzene rings is 1. The van der Waals surface area contributed by atoms with Crippen molar-refractivity contribution in [1.82, 2.24) is 0 Å². The fourth-order valence-electron chi connectivity index (χ4n) is 2.56. The Balaban J connectivity index is 2.13. The lowest BCUT2D eigenvalue weighted by atomic mass is 10.0. The van der Waals surface area contributed by atoms with Gasteiger partial charge in [0.25, 0.3) is 0 Å². The number of halogens is 1. The van der Waals surface area contributed by atoms with Crippen LogP contribution >= 0.6 is 15.9 Å². The molecule has 2 rings (SSSR count). The molecule has 1 aliphatic rings. The normalized spacial score (nSPS) is 19.2. The third-order valence-corrected chi connectivity index (χ3v) is 4.03. The Kier molecular flexibility index (Phi) is 4.99. The van der Waals surface area contributed by atoms with E-state index in [4.69, 9.17) is 4.74 Å². The Hall–Kier alpha value is -0.870. The largest absolute Gasteiger partial charge is 0.381 e. The Morgan fingerprint density at radius 2 is 2.32 bits per heavy atom. The molecule has 1 fully saturated rings. The van der Waals surface area contributed by atoms with Crippen LogP contribution in [0, 0.1) is 5.92 Å². The van der Waals surface area contributed by atoms with Crippen LogP contribution in [0.3, 0.4) is 0 Å². The molecule has 0 saturated carbocycles. The minimum absolute atomic E-state index is 0.100. The maximum absolute atomic E-state index is 11.7. The monoisotopic (exact) mass is 325 g/mol. The maximum Gasteiger partial charge on any atom is 0.161 e. The first-order valence-electron chi connectivity index (χ1n) is 6.67. The van der Waals surface area contributed by atoms with E-state index in [2.05, 4.69) is 20.8 Å². The lowest BCUT2D eigenvalue weighted by Crippen LogP contribution is -2.31. The highest BCUT2D eigenvalue weighted by Crippen LogP contribution is 2.26. The van der Waals surface area contributed by atoms with Crippen molar-refractivity contribution >= 4 is 27.4 Å². The maximum atomic E-state index is 11.7. The van der Waals surface area contributed by atoms with Crippen molar-refractivity contribution in [3.05, 3.63) is 28.2 Å². The van der Waals surface area contributed by atoms with Gasteiger partial charge in [-0.1, -0.05) is 15.9 Å². The molecule has 0 radical (unpaired) electrons. The zero-order chi connectivity index (χ0) is 13.8. The molecule has 1 heterocycles. The van der Waals surface area contributed by atoms with E-state index < -0.39 is 0 Å². The molecular formula is C15H20BrNO2. The Labute approximate surface area is 123 Å². The van der Waals surface area contributed by atoms with Gasteiger partial charge in [0.15, 0.2) is 5.78 Å². The minimum atomic E-state index is 0.100. The molecule has 1 atom stereocenters. The van der Waals surface area contributed by atoms with Gasteiger partial charge in [-0.3, -0.25) is 4.79 Å². The van der Waals surface area contributed by atoms with Crippen molar-refractivity contribution in [3.8, 4) is 0 Å². The third-order valence-electron chi connectivity index (χ3n) is 3.54. The van der Waals surface area contributed by atoms with Crippen molar-refractivity contribution in [2.45, 2.75) is 19.8 Å². The van der Waals surface area contributed by atoms with Crippen LogP contribution < -0.4 is 4.90 Å². The van der Waals surface area contributed by atoms with Crippen LogP contribution in [-0.2, 0) is 4.74 Å². The van der Waals surface area contributed by atoms with Crippen LogP contribution in [0.5, 0.6) is 0 Å². The molecular weight excluding hydrogens is 306 g/mol. The van der Waals surface area contributed by atoms with Crippen molar-refractivity contribution < 1.29 is 9.53 Å². The van der Waals surface area contributed by atoms with E-state index in [0.29, 0.717) is 5.92 Å². The van der Waals surface area contributed by atoms with Crippen LogP contribution in [0.25, 0.3) is 0 Å². The third kappa shape index (κ3) is 3.80. The van der Waals surface area contributed by atoms with Crippen molar-refractivity contribution in [3.63, 3.8) is 0 Å². The number of ether oxygens (including phenoxy) is 1. The number of rotatable bonds is 4. The van der Waals surface area contributed by atoms with Gasteiger partial charge in [-0.2, -0.15) is 0 Å². The molecule has 0 aromatic heterocycles. The van der Waals surface area contributed by atoms with Gasteiger partial charge in [0, 0.05) is 35.9 Å². The summed E-state index contributed by atoms with van der Waals surface area (Å²) in [5, 5.41) is 0. The van der Waals surface area contributed by atoms with Gasteiger partial charge in [0.05, 0.1) is 6.61 Å². The second kappa shape index (κ2) is 6.53. The zero-order valence-corrected chi connectivity index (χ0v) is 13.1. The van der Waals surface area contributed by atoms with E-state index in [1.807, 2.05) is 25.2 Å². The van der Waals surface area contributed by atoms with E-state index in [0.717, 1.165) is 41.9 Å². The quantitative estimate of drug-likeness (QED) is 0.793. The van der Waals surface area contributed by atoms with Gasteiger partial charge in [-0.25, -0.2) is 0 Å². The lowest BCUT2D eigenvalue weighted by Gasteiger charge is -2.29. The van der Waals surface area contributed by atoms with Crippen LogP contribution in [0.1, 0.15) is 30.1 Å². The average molecular weight is 326 g/mol. The van der Waals surface area contributed by atoms with Gasteiger partial charge in [-0.05, 0) is 43.9 Å². The predicted octanol–water partition coefficient (Wildman–Crippen LogP) is 3.51. The summed E-state index contributed by atoms with van der Waals surface area (Å²) in [6, 6.07) is 5.88. The van der Waals surface area contributed by atoms with Crippen molar-refractivity contribution in [2.75, 3.05) is 31.7 Å². The van der Waals surface area contributed by atoms with Crippen LogP contribution in [0.4, 0.5) is 5.69 Å². The second-order valence-electron chi connectivity index (χ2n) is 5.18. The van der Waals surface area contributed by atoms with Gasteiger partial charge < -0.3 is 9.64 Å². The smallest absolute Gasteiger partial charge is 0.161 e. The highest BCUT2D eigenvalue weighted by Gasteiger charge is 2.18. The predicted molar refractivity (Wildman–Crippen MR) is 81.0 cm³/mol. The summed E-state index contributed by atoms with van der Waals surface area (Å²) in [7, 11) is 2.05. The first kappa shape index (κ1) is 14.5. The molecule has 0 spiro atoms. The summed E-state index contributed by atoms with van der Waals surface area (Å²) in [6.07, 6.45) is 2.34. The number of carbonyl (C=O) groups excluding carboxylic acids is 1.